The van der Waals surface area contributed by atoms with Crippen LogP contribution in [0.15, 0.2) is 30.3 Å². The van der Waals surface area contributed by atoms with Gasteiger partial charge in [0.2, 0.25) is 17.7 Å². The van der Waals surface area contributed by atoms with Gasteiger partial charge in [-0.3, -0.25) is 14.5 Å². The molecule has 1 aromatic carbocycles. The summed E-state index contributed by atoms with van der Waals surface area (Å²) in [5.74, 6) is -3.58. The Morgan fingerprint density at radius 3 is 2.41 bits per heavy atom. The van der Waals surface area contributed by atoms with Crippen LogP contribution in [-0.4, -0.2) is 59.8 Å². The zero-order chi connectivity index (χ0) is 19.4. The molecule has 0 aromatic heterocycles. The van der Waals surface area contributed by atoms with Gasteiger partial charge in [0.25, 0.3) is 0 Å². The highest BCUT2D eigenvalue weighted by molar-refractivity contribution is 5.83. The third kappa shape index (κ3) is 5.03. The summed E-state index contributed by atoms with van der Waals surface area (Å²) >= 11 is 0. The minimum atomic E-state index is -2.65. The summed E-state index contributed by atoms with van der Waals surface area (Å²) in [5, 5.41) is 0. The second-order valence-electron chi connectivity index (χ2n) is 7.60. The van der Waals surface area contributed by atoms with Crippen molar-refractivity contribution in [2.75, 3.05) is 26.2 Å². The molecule has 2 amide bonds. The van der Waals surface area contributed by atoms with Gasteiger partial charge in [0, 0.05) is 44.9 Å². The Bertz CT molecular complexity index is 658. The smallest absolute Gasteiger partial charge is 0.248 e. The molecule has 1 saturated carbocycles. The molecule has 0 bridgehead atoms. The van der Waals surface area contributed by atoms with Gasteiger partial charge >= 0.3 is 0 Å². The van der Waals surface area contributed by atoms with Gasteiger partial charge < -0.3 is 10.6 Å². The first-order valence-corrected chi connectivity index (χ1v) is 9.60. The largest absolute Gasteiger partial charge is 0.368 e. The van der Waals surface area contributed by atoms with Crippen LogP contribution in [0, 0.1) is 5.92 Å². The van der Waals surface area contributed by atoms with Crippen LogP contribution in [-0.2, 0) is 16.0 Å². The number of primary amides is 1. The average molecular weight is 379 g/mol. The number of hydrogen-bond acceptors (Lipinski definition) is 3. The monoisotopic (exact) mass is 379 g/mol. The van der Waals surface area contributed by atoms with Crippen molar-refractivity contribution < 1.29 is 18.4 Å². The standard InChI is InChI=1S/C20H27F2N3O2/c21-20(22)9-6-16(7-10-20)19(27)25-13-12-24(17(14-25)18(23)26)11-8-15-4-2-1-3-5-15/h1-5,16-17H,6-14H2,(H2,23,26). The molecule has 1 aliphatic carbocycles. The van der Waals surface area contributed by atoms with E-state index in [0.29, 0.717) is 19.6 Å². The summed E-state index contributed by atoms with van der Waals surface area (Å²) in [6.45, 7) is 2.00. The van der Waals surface area contributed by atoms with Crippen LogP contribution >= 0.6 is 0 Å². The quantitative estimate of drug-likeness (QED) is 0.852. The predicted octanol–water partition coefficient (Wildman–Crippen LogP) is 2.05. The lowest BCUT2D eigenvalue weighted by Gasteiger charge is -2.41. The SMILES string of the molecule is NC(=O)C1CN(C(=O)C2CCC(F)(F)CC2)CCN1CCc1ccccc1. The predicted molar refractivity (Wildman–Crippen MR) is 98.2 cm³/mol. The van der Waals surface area contributed by atoms with E-state index in [-0.39, 0.29) is 44.1 Å². The number of nitrogens with two attached hydrogens (primary N) is 1. The van der Waals surface area contributed by atoms with E-state index < -0.39 is 17.9 Å². The van der Waals surface area contributed by atoms with Crippen LogP contribution in [0.4, 0.5) is 8.78 Å². The van der Waals surface area contributed by atoms with Crippen LogP contribution in [0.25, 0.3) is 0 Å². The van der Waals surface area contributed by atoms with E-state index in [9.17, 15) is 18.4 Å². The number of amides is 2. The molecule has 2 fully saturated rings. The highest BCUT2D eigenvalue weighted by Gasteiger charge is 2.40. The number of piperazine rings is 1. The van der Waals surface area contributed by atoms with Crippen molar-refractivity contribution in [2.24, 2.45) is 11.7 Å². The maximum absolute atomic E-state index is 13.3. The summed E-state index contributed by atoms with van der Waals surface area (Å²) in [6.07, 6.45) is 0.748. The Labute approximate surface area is 158 Å². The second kappa shape index (κ2) is 8.33. The van der Waals surface area contributed by atoms with Gasteiger partial charge in [-0.05, 0) is 24.8 Å². The van der Waals surface area contributed by atoms with E-state index >= 15 is 0 Å². The molecule has 2 aliphatic rings. The second-order valence-corrected chi connectivity index (χ2v) is 7.60. The maximum Gasteiger partial charge on any atom is 0.248 e. The summed E-state index contributed by atoms with van der Waals surface area (Å²) in [5.41, 5.74) is 6.77. The Morgan fingerprint density at radius 2 is 1.78 bits per heavy atom. The summed E-state index contributed by atoms with van der Waals surface area (Å²) < 4.78 is 26.7. The van der Waals surface area contributed by atoms with Gasteiger partial charge in [-0.2, -0.15) is 0 Å². The fraction of sp³-hybridized carbons (Fsp3) is 0.600. The van der Waals surface area contributed by atoms with Gasteiger partial charge in [0.05, 0.1) is 0 Å². The first kappa shape index (κ1) is 19.7. The van der Waals surface area contributed by atoms with Crippen molar-refractivity contribution in [3.63, 3.8) is 0 Å². The van der Waals surface area contributed by atoms with E-state index in [0.717, 1.165) is 6.42 Å². The van der Waals surface area contributed by atoms with Gasteiger partial charge in [-0.1, -0.05) is 30.3 Å². The molecule has 148 valence electrons. The molecule has 1 heterocycles. The van der Waals surface area contributed by atoms with Crippen LogP contribution in [0.5, 0.6) is 0 Å². The van der Waals surface area contributed by atoms with Gasteiger partial charge in [0.15, 0.2) is 0 Å². The molecule has 1 unspecified atom stereocenters. The van der Waals surface area contributed by atoms with Crippen molar-refractivity contribution in [2.45, 2.75) is 44.1 Å². The van der Waals surface area contributed by atoms with Crippen molar-refractivity contribution >= 4 is 11.8 Å². The van der Waals surface area contributed by atoms with Gasteiger partial charge in [0.1, 0.15) is 6.04 Å². The molecule has 2 N–H and O–H groups in total. The first-order valence-electron chi connectivity index (χ1n) is 9.60. The van der Waals surface area contributed by atoms with Gasteiger partial charge in [-0.15, -0.1) is 0 Å². The topological polar surface area (TPSA) is 66.6 Å². The molecule has 7 heteroatoms. The number of carbonyl (C=O) groups is 2. The number of alkyl halides is 2. The van der Waals surface area contributed by atoms with Crippen molar-refractivity contribution in [1.29, 1.82) is 0 Å². The third-order valence-corrected chi connectivity index (χ3v) is 5.73. The number of hydrogen-bond donors (Lipinski definition) is 1. The van der Waals surface area contributed by atoms with Crippen molar-refractivity contribution in [3.05, 3.63) is 35.9 Å². The highest BCUT2D eigenvalue weighted by Crippen LogP contribution is 2.37. The molecule has 3 rings (SSSR count). The Hall–Kier alpha value is -2.02. The lowest BCUT2D eigenvalue weighted by molar-refractivity contribution is -0.144. The molecular formula is C20H27F2N3O2. The average Bonchev–Trinajstić information content (AvgIpc) is 2.66. The normalized spacial score (nSPS) is 23.9. The fourth-order valence-corrected chi connectivity index (χ4v) is 4.02. The third-order valence-electron chi connectivity index (χ3n) is 5.73. The number of benzene rings is 1. The molecule has 1 aliphatic heterocycles. The number of nitrogens with zero attached hydrogens (tertiary/aromatic N) is 2. The van der Waals surface area contributed by atoms with Crippen LogP contribution < -0.4 is 5.73 Å². The van der Waals surface area contributed by atoms with E-state index in [2.05, 4.69) is 0 Å². The molecule has 27 heavy (non-hydrogen) atoms. The van der Waals surface area contributed by atoms with Gasteiger partial charge in [-0.25, -0.2) is 8.78 Å². The molecule has 0 spiro atoms. The summed E-state index contributed by atoms with van der Waals surface area (Å²) in [4.78, 5) is 28.3. The minimum absolute atomic E-state index is 0.112. The van der Waals surface area contributed by atoms with E-state index in [1.807, 2.05) is 35.2 Å². The maximum atomic E-state index is 13.3. The summed E-state index contributed by atoms with van der Waals surface area (Å²) in [6, 6.07) is 9.46. The highest BCUT2D eigenvalue weighted by atomic mass is 19.3. The first-order chi connectivity index (χ1) is 12.9. The molecule has 1 atom stereocenters. The lowest BCUT2D eigenvalue weighted by Crippen LogP contribution is -2.60. The van der Waals surface area contributed by atoms with Crippen LogP contribution in [0.1, 0.15) is 31.2 Å². The molecule has 0 radical (unpaired) electrons. The zero-order valence-corrected chi connectivity index (χ0v) is 15.4. The fourth-order valence-electron chi connectivity index (χ4n) is 4.02. The zero-order valence-electron chi connectivity index (χ0n) is 15.4. The molecule has 1 aromatic rings. The Kier molecular flexibility index (Phi) is 6.09. The molecule has 1 saturated heterocycles. The number of carbonyl (C=O) groups excluding carboxylic acids is 2. The van der Waals surface area contributed by atoms with Crippen molar-refractivity contribution in [1.82, 2.24) is 9.80 Å². The molecular weight excluding hydrogens is 352 g/mol. The minimum Gasteiger partial charge on any atom is -0.368 e. The van der Waals surface area contributed by atoms with Crippen molar-refractivity contribution in [3.8, 4) is 0 Å². The number of halogens is 2. The number of rotatable bonds is 5. The van der Waals surface area contributed by atoms with Crippen LogP contribution in [0.3, 0.4) is 0 Å². The summed E-state index contributed by atoms with van der Waals surface area (Å²) in [7, 11) is 0. The van der Waals surface area contributed by atoms with Crippen LogP contribution in [0.2, 0.25) is 0 Å². The van der Waals surface area contributed by atoms with E-state index in [1.54, 1.807) is 4.90 Å². The van der Waals surface area contributed by atoms with E-state index in [4.69, 9.17) is 5.73 Å². The molecule has 5 nitrogen and oxygen atoms in total. The lowest BCUT2D eigenvalue weighted by atomic mass is 9.85. The Balaban J connectivity index is 1.57. The van der Waals surface area contributed by atoms with E-state index in [1.165, 1.54) is 5.56 Å². The Morgan fingerprint density at radius 1 is 1.11 bits per heavy atom.